The van der Waals surface area contributed by atoms with Gasteiger partial charge < -0.3 is 14.8 Å². The molecule has 1 aromatic heterocycles. The third-order valence-corrected chi connectivity index (χ3v) is 7.55. The number of ether oxygens (including phenoxy) is 1. The van der Waals surface area contributed by atoms with Crippen LogP contribution in [-0.2, 0) is 5.41 Å². The minimum Gasteiger partial charge on any atom is -0.508 e. The first kappa shape index (κ1) is 16.5. The normalized spacial score (nSPS) is 30.8. The number of aromatic amines is 1. The predicted octanol–water partition coefficient (Wildman–Crippen LogP) is 5.41. The van der Waals surface area contributed by atoms with Crippen LogP contribution in [0.4, 0.5) is 0 Å². The smallest absolute Gasteiger partial charge is 0.138 e. The monoisotopic (exact) mass is 374 g/mol. The maximum absolute atomic E-state index is 9.75. The molecule has 2 aromatic carbocycles. The molecule has 0 radical (unpaired) electrons. The first-order valence-electron chi connectivity index (χ1n) is 10.5. The maximum Gasteiger partial charge on any atom is 0.138 e. The van der Waals surface area contributed by atoms with Crippen molar-refractivity contribution in [1.29, 1.82) is 0 Å². The molecule has 1 heterocycles. The van der Waals surface area contributed by atoms with Gasteiger partial charge in [-0.25, -0.2) is 4.98 Å². The van der Waals surface area contributed by atoms with Crippen LogP contribution in [0, 0.1) is 17.8 Å². The lowest BCUT2D eigenvalue weighted by Crippen LogP contribution is -2.48. The average Bonchev–Trinajstić information content (AvgIpc) is 3.09. The van der Waals surface area contributed by atoms with Crippen LogP contribution in [0.3, 0.4) is 0 Å². The van der Waals surface area contributed by atoms with E-state index in [1.807, 2.05) is 6.07 Å². The van der Waals surface area contributed by atoms with Gasteiger partial charge in [0, 0.05) is 17.2 Å². The standard InChI is InChI=1S/C24H26N2O2/c1-28-22-5-2-17(23-25-20-4-3-18(27)10-21(20)26-23)9-19(22)24-11-14-6-15(12-24)8-16(7-14)13-24/h2-5,9-10,14-16,27H,6-8,11-13H2,1H3,(H,25,26). The molecule has 7 rings (SSSR count). The summed E-state index contributed by atoms with van der Waals surface area (Å²) in [7, 11) is 1.79. The highest BCUT2D eigenvalue weighted by atomic mass is 16.5. The number of methoxy groups -OCH3 is 1. The molecule has 28 heavy (non-hydrogen) atoms. The van der Waals surface area contributed by atoms with E-state index >= 15 is 0 Å². The number of benzene rings is 2. The molecular formula is C24H26N2O2. The molecule has 4 fully saturated rings. The van der Waals surface area contributed by atoms with E-state index in [1.165, 1.54) is 44.1 Å². The Hall–Kier alpha value is -2.49. The van der Waals surface area contributed by atoms with Crippen LogP contribution in [-0.4, -0.2) is 22.2 Å². The number of hydrogen-bond donors (Lipinski definition) is 2. The van der Waals surface area contributed by atoms with Gasteiger partial charge in [0.25, 0.3) is 0 Å². The van der Waals surface area contributed by atoms with Gasteiger partial charge in [0.05, 0.1) is 18.1 Å². The Labute approximate surface area is 165 Å². The Kier molecular flexibility index (Phi) is 3.38. The lowest BCUT2D eigenvalue weighted by Gasteiger charge is -2.57. The summed E-state index contributed by atoms with van der Waals surface area (Å²) in [6, 6.07) is 11.8. The van der Waals surface area contributed by atoms with Crippen molar-refractivity contribution in [3.05, 3.63) is 42.0 Å². The number of phenolic OH excluding ortho intramolecular Hbond substituents is 1. The highest BCUT2D eigenvalue weighted by Gasteiger charge is 2.52. The summed E-state index contributed by atoms with van der Waals surface area (Å²) in [5.41, 5.74) is 4.50. The molecule has 4 aliphatic carbocycles. The van der Waals surface area contributed by atoms with Crippen LogP contribution in [0.2, 0.25) is 0 Å². The molecule has 0 unspecified atom stereocenters. The van der Waals surface area contributed by atoms with Gasteiger partial charge in [0.1, 0.15) is 17.3 Å². The highest BCUT2D eigenvalue weighted by Crippen LogP contribution is 2.62. The third-order valence-electron chi connectivity index (χ3n) is 7.55. The number of phenols is 1. The van der Waals surface area contributed by atoms with Crippen LogP contribution in [0.15, 0.2) is 36.4 Å². The molecule has 0 saturated heterocycles. The molecule has 4 saturated carbocycles. The third kappa shape index (κ3) is 2.40. The Morgan fingerprint density at radius 2 is 1.71 bits per heavy atom. The molecule has 4 aliphatic rings. The fourth-order valence-electron chi connectivity index (χ4n) is 6.84. The van der Waals surface area contributed by atoms with Crippen molar-refractivity contribution >= 4 is 11.0 Å². The van der Waals surface area contributed by atoms with E-state index in [-0.39, 0.29) is 11.2 Å². The second-order valence-electron chi connectivity index (χ2n) is 9.40. The van der Waals surface area contributed by atoms with Crippen LogP contribution in [0.1, 0.15) is 44.1 Å². The van der Waals surface area contributed by atoms with Crippen LogP contribution in [0.25, 0.3) is 22.4 Å². The number of aromatic hydroxyl groups is 1. The number of fused-ring (bicyclic) bond motifs is 1. The number of rotatable bonds is 3. The fraction of sp³-hybridized carbons (Fsp3) is 0.458. The van der Waals surface area contributed by atoms with Gasteiger partial charge in [-0.15, -0.1) is 0 Å². The van der Waals surface area contributed by atoms with Gasteiger partial charge >= 0.3 is 0 Å². The molecule has 4 heteroatoms. The molecular weight excluding hydrogens is 348 g/mol. The molecule has 0 spiro atoms. The lowest BCUT2D eigenvalue weighted by atomic mass is 9.48. The molecule has 0 aliphatic heterocycles. The largest absolute Gasteiger partial charge is 0.508 e. The number of imidazole rings is 1. The lowest BCUT2D eigenvalue weighted by molar-refractivity contribution is -0.00613. The molecule has 4 nitrogen and oxygen atoms in total. The van der Waals surface area contributed by atoms with Crippen molar-refractivity contribution in [2.75, 3.05) is 7.11 Å². The summed E-state index contributed by atoms with van der Waals surface area (Å²) >= 11 is 0. The maximum atomic E-state index is 9.75. The van der Waals surface area contributed by atoms with Crippen LogP contribution in [0.5, 0.6) is 11.5 Å². The summed E-state index contributed by atoms with van der Waals surface area (Å²) in [5, 5.41) is 9.75. The van der Waals surface area contributed by atoms with E-state index in [2.05, 4.69) is 23.2 Å². The van der Waals surface area contributed by atoms with E-state index < -0.39 is 0 Å². The van der Waals surface area contributed by atoms with Crippen molar-refractivity contribution in [3.63, 3.8) is 0 Å². The number of nitrogens with one attached hydrogen (secondary N) is 1. The van der Waals surface area contributed by atoms with Gasteiger partial charge in [0.15, 0.2) is 0 Å². The van der Waals surface area contributed by atoms with Gasteiger partial charge in [-0.1, -0.05) is 0 Å². The second-order valence-corrected chi connectivity index (χ2v) is 9.40. The summed E-state index contributed by atoms with van der Waals surface area (Å²) in [5.74, 6) is 4.83. The molecule has 0 atom stereocenters. The zero-order valence-corrected chi connectivity index (χ0v) is 16.2. The first-order valence-corrected chi connectivity index (χ1v) is 10.5. The summed E-state index contributed by atoms with van der Waals surface area (Å²) in [6.45, 7) is 0. The molecule has 2 N–H and O–H groups in total. The highest BCUT2D eigenvalue weighted by molar-refractivity contribution is 5.81. The first-order chi connectivity index (χ1) is 13.6. The summed E-state index contributed by atoms with van der Waals surface area (Å²) in [6.07, 6.45) is 8.25. The number of aromatic nitrogens is 2. The topological polar surface area (TPSA) is 58.1 Å². The Morgan fingerprint density at radius 3 is 2.39 bits per heavy atom. The Morgan fingerprint density at radius 1 is 1.00 bits per heavy atom. The Balaban J connectivity index is 1.47. The van der Waals surface area contributed by atoms with E-state index in [9.17, 15) is 5.11 Å². The molecule has 144 valence electrons. The SMILES string of the molecule is COc1ccc(-c2nc3ccc(O)cc3[nH]2)cc1C12CC3CC(CC(C3)C1)C2. The minimum atomic E-state index is 0.256. The van der Waals surface area contributed by atoms with Crippen molar-refractivity contribution in [2.45, 2.75) is 43.9 Å². The van der Waals surface area contributed by atoms with E-state index in [0.29, 0.717) is 0 Å². The van der Waals surface area contributed by atoms with Crippen LogP contribution >= 0.6 is 0 Å². The Bertz CT molecular complexity index is 1030. The van der Waals surface area contributed by atoms with Crippen LogP contribution < -0.4 is 4.74 Å². The minimum absolute atomic E-state index is 0.256. The zero-order chi connectivity index (χ0) is 18.9. The van der Waals surface area contributed by atoms with E-state index in [0.717, 1.165) is 45.9 Å². The van der Waals surface area contributed by atoms with Gasteiger partial charge in [0.2, 0.25) is 0 Å². The van der Waals surface area contributed by atoms with Crippen molar-refractivity contribution in [2.24, 2.45) is 17.8 Å². The van der Waals surface area contributed by atoms with Crippen molar-refractivity contribution in [3.8, 4) is 22.9 Å². The average molecular weight is 374 g/mol. The summed E-state index contributed by atoms with van der Waals surface area (Å²) in [4.78, 5) is 8.14. The number of H-pyrrole nitrogens is 1. The second kappa shape index (κ2) is 5.76. The number of hydrogen-bond acceptors (Lipinski definition) is 3. The fourth-order valence-corrected chi connectivity index (χ4v) is 6.84. The molecule has 3 aromatic rings. The van der Waals surface area contributed by atoms with E-state index in [4.69, 9.17) is 9.72 Å². The zero-order valence-electron chi connectivity index (χ0n) is 16.2. The van der Waals surface area contributed by atoms with Gasteiger partial charge in [-0.05, 0) is 92.0 Å². The quantitative estimate of drug-likeness (QED) is 0.644. The van der Waals surface area contributed by atoms with Crippen molar-refractivity contribution < 1.29 is 9.84 Å². The molecule has 0 amide bonds. The van der Waals surface area contributed by atoms with Gasteiger partial charge in [-0.2, -0.15) is 0 Å². The summed E-state index contributed by atoms with van der Waals surface area (Å²) < 4.78 is 5.84. The molecule has 4 bridgehead atoms. The predicted molar refractivity (Wildman–Crippen MR) is 110 cm³/mol. The van der Waals surface area contributed by atoms with Crippen molar-refractivity contribution in [1.82, 2.24) is 9.97 Å². The number of nitrogens with zero attached hydrogens (tertiary/aromatic N) is 1. The van der Waals surface area contributed by atoms with Gasteiger partial charge in [-0.3, -0.25) is 0 Å². The van der Waals surface area contributed by atoms with E-state index in [1.54, 1.807) is 19.2 Å².